The number of rotatable bonds is 6. The number of amides is 1. The number of aliphatic hydroxyl groups excluding tert-OH is 1. The van der Waals surface area contributed by atoms with Crippen molar-refractivity contribution in [3.63, 3.8) is 0 Å². The van der Waals surface area contributed by atoms with Crippen LogP contribution in [0.3, 0.4) is 0 Å². The average Bonchev–Trinajstić information content (AvgIpc) is 2.73. The molecule has 1 aromatic heterocycles. The first kappa shape index (κ1) is 13.1. The van der Waals surface area contributed by atoms with Gasteiger partial charge in [-0.15, -0.1) is 5.10 Å². The van der Waals surface area contributed by atoms with Gasteiger partial charge in [-0.1, -0.05) is 5.21 Å². The van der Waals surface area contributed by atoms with E-state index >= 15 is 0 Å². The molecule has 0 radical (unpaired) electrons. The Bertz CT molecular complexity index is 404. The van der Waals surface area contributed by atoms with Crippen LogP contribution >= 0.6 is 0 Å². The minimum Gasteiger partial charge on any atom is -0.479 e. The summed E-state index contributed by atoms with van der Waals surface area (Å²) in [5.74, 6) is -1.87. The maximum Gasteiger partial charge on any atom is 0.334 e. The van der Waals surface area contributed by atoms with Crippen molar-refractivity contribution in [3.8, 4) is 0 Å². The predicted molar refractivity (Wildman–Crippen MR) is 54.6 cm³/mol. The smallest absolute Gasteiger partial charge is 0.334 e. The lowest BCUT2D eigenvalue weighted by molar-refractivity contribution is -0.146. The minimum atomic E-state index is -1.62. The van der Waals surface area contributed by atoms with E-state index in [1.807, 2.05) is 0 Å². The van der Waals surface area contributed by atoms with Gasteiger partial charge in [-0.05, 0) is 0 Å². The molecule has 0 aliphatic carbocycles. The summed E-state index contributed by atoms with van der Waals surface area (Å²) in [5.41, 5.74) is 5.86. The number of nitrogens with one attached hydrogen (secondary N) is 1. The number of aliphatic carboxylic acids is 1. The molecular weight excluding hydrogens is 230 g/mol. The van der Waals surface area contributed by atoms with Gasteiger partial charge in [0.05, 0.1) is 18.4 Å². The molecule has 0 aliphatic rings. The SMILES string of the molecule is NCc1cn(CC(=O)NC[C@H](O)C(=O)O)nn1. The van der Waals surface area contributed by atoms with Gasteiger partial charge in [-0.2, -0.15) is 0 Å². The van der Waals surface area contributed by atoms with Crippen LogP contribution in [0, 0.1) is 0 Å². The van der Waals surface area contributed by atoms with E-state index in [-0.39, 0.29) is 19.6 Å². The normalized spacial score (nSPS) is 12.1. The fourth-order valence-electron chi connectivity index (χ4n) is 1.01. The summed E-state index contributed by atoms with van der Waals surface area (Å²) < 4.78 is 1.27. The summed E-state index contributed by atoms with van der Waals surface area (Å²) in [7, 11) is 0. The lowest BCUT2D eigenvalue weighted by atomic mass is 10.3. The molecule has 0 unspecified atom stereocenters. The number of aromatic nitrogens is 3. The van der Waals surface area contributed by atoms with Crippen molar-refractivity contribution in [3.05, 3.63) is 11.9 Å². The summed E-state index contributed by atoms with van der Waals surface area (Å²) in [5, 5.41) is 26.9. The van der Waals surface area contributed by atoms with Gasteiger partial charge < -0.3 is 21.3 Å². The second kappa shape index (κ2) is 5.92. The van der Waals surface area contributed by atoms with Gasteiger partial charge in [0.15, 0.2) is 6.10 Å². The van der Waals surface area contributed by atoms with Gasteiger partial charge >= 0.3 is 5.97 Å². The lowest BCUT2D eigenvalue weighted by Crippen LogP contribution is -2.38. The Hall–Kier alpha value is -2.00. The molecular formula is C8H13N5O4. The standard InChI is InChI=1S/C8H13N5O4/c9-1-5-3-13(12-11-5)4-7(15)10-2-6(14)8(16)17/h3,6,14H,1-2,4,9H2,(H,10,15)(H,16,17)/t6-/m0/s1. The molecule has 0 bridgehead atoms. The zero-order valence-corrected chi connectivity index (χ0v) is 8.91. The summed E-state index contributed by atoms with van der Waals surface area (Å²) in [6, 6.07) is 0. The number of carbonyl (C=O) groups excluding carboxylic acids is 1. The Morgan fingerprint density at radius 1 is 1.59 bits per heavy atom. The molecule has 0 aromatic carbocycles. The number of carbonyl (C=O) groups is 2. The first-order valence-corrected chi connectivity index (χ1v) is 4.79. The molecule has 9 heteroatoms. The van der Waals surface area contributed by atoms with Crippen LogP contribution in [0.2, 0.25) is 0 Å². The summed E-state index contributed by atoms with van der Waals surface area (Å²) in [4.78, 5) is 21.6. The largest absolute Gasteiger partial charge is 0.479 e. The molecule has 1 heterocycles. The third-order valence-corrected chi connectivity index (χ3v) is 1.88. The van der Waals surface area contributed by atoms with Crippen LogP contribution in [0.1, 0.15) is 5.69 Å². The Labute approximate surface area is 96.2 Å². The highest BCUT2D eigenvalue weighted by Gasteiger charge is 2.14. The van der Waals surface area contributed by atoms with Crippen molar-refractivity contribution in [1.82, 2.24) is 20.3 Å². The zero-order valence-electron chi connectivity index (χ0n) is 8.91. The van der Waals surface area contributed by atoms with Crippen LogP contribution in [-0.4, -0.2) is 49.7 Å². The fourth-order valence-corrected chi connectivity index (χ4v) is 1.01. The molecule has 1 atom stereocenters. The number of aliphatic hydroxyl groups is 1. The summed E-state index contributed by atoms with van der Waals surface area (Å²) in [6.45, 7) is -0.245. The number of nitrogens with zero attached hydrogens (tertiary/aromatic N) is 3. The van der Waals surface area contributed by atoms with Gasteiger partial charge in [-0.3, -0.25) is 4.79 Å². The minimum absolute atomic E-state index is 0.112. The molecule has 0 fully saturated rings. The highest BCUT2D eigenvalue weighted by Crippen LogP contribution is 1.90. The maximum atomic E-state index is 11.3. The molecule has 1 amide bonds. The van der Waals surface area contributed by atoms with Gasteiger partial charge in [0, 0.05) is 6.54 Å². The third kappa shape index (κ3) is 4.17. The highest BCUT2D eigenvalue weighted by molar-refractivity contribution is 5.77. The Kier molecular flexibility index (Phi) is 4.55. The van der Waals surface area contributed by atoms with Crippen molar-refractivity contribution in [2.75, 3.05) is 6.54 Å². The quantitative estimate of drug-likeness (QED) is 0.425. The van der Waals surface area contributed by atoms with Gasteiger partial charge in [0.2, 0.25) is 5.91 Å². The molecule has 0 aliphatic heterocycles. The van der Waals surface area contributed by atoms with Crippen LogP contribution in [0.5, 0.6) is 0 Å². The van der Waals surface area contributed by atoms with E-state index in [1.54, 1.807) is 0 Å². The maximum absolute atomic E-state index is 11.3. The van der Waals surface area contributed by atoms with E-state index in [2.05, 4.69) is 15.6 Å². The van der Waals surface area contributed by atoms with Crippen molar-refractivity contribution in [2.24, 2.45) is 5.73 Å². The lowest BCUT2D eigenvalue weighted by Gasteiger charge is -2.07. The molecule has 0 saturated heterocycles. The highest BCUT2D eigenvalue weighted by atomic mass is 16.4. The number of hydrogen-bond acceptors (Lipinski definition) is 6. The molecule has 9 nitrogen and oxygen atoms in total. The van der Waals surface area contributed by atoms with Gasteiger partial charge in [0.25, 0.3) is 0 Å². The number of nitrogens with two attached hydrogens (primary N) is 1. The monoisotopic (exact) mass is 243 g/mol. The number of hydrogen-bond donors (Lipinski definition) is 4. The third-order valence-electron chi connectivity index (χ3n) is 1.88. The first-order chi connectivity index (χ1) is 8.02. The van der Waals surface area contributed by atoms with E-state index in [1.165, 1.54) is 10.9 Å². The van der Waals surface area contributed by atoms with Crippen LogP contribution in [0.15, 0.2) is 6.20 Å². The molecule has 0 spiro atoms. The fraction of sp³-hybridized carbons (Fsp3) is 0.500. The molecule has 5 N–H and O–H groups in total. The second-order valence-electron chi connectivity index (χ2n) is 3.27. The Morgan fingerprint density at radius 3 is 2.82 bits per heavy atom. The topological polar surface area (TPSA) is 143 Å². The van der Waals surface area contributed by atoms with Crippen LogP contribution in [0.4, 0.5) is 0 Å². The number of carboxylic acids is 1. The van der Waals surface area contributed by atoms with Crippen molar-refractivity contribution in [1.29, 1.82) is 0 Å². The summed E-state index contributed by atoms with van der Waals surface area (Å²) >= 11 is 0. The molecule has 94 valence electrons. The van der Waals surface area contributed by atoms with E-state index in [9.17, 15) is 9.59 Å². The summed E-state index contributed by atoms with van der Waals surface area (Å²) in [6.07, 6.45) is -0.109. The van der Waals surface area contributed by atoms with Crippen LogP contribution in [-0.2, 0) is 22.7 Å². The Balaban J connectivity index is 2.37. The van der Waals surface area contributed by atoms with Crippen LogP contribution < -0.4 is 11.1 Å². The first-order valence-electron chi connectivity index (χ1n) is 4.79. The number of carboxylic acid groups (broad SMARTS) is 1. The van der Waals surface area contributed by atoms with E-state index < -0.39 is 18.0 Å². The van der Waals surface area contributed by atoms with Crippen LogP contribution in [0.25, 0.3) is 0 Å². The molecule has 17 heavy (non-hydrogen) atoms. The molecule has 0 saturated carbocycles. The van der Waals surface area contributed by atoms with Crippen molar-refractivity contribution < 1.29 is 19.8 Å². The van der Waals surface area contributed by atoms with Crippen molar-refractivity contribution in [2.45, 2.75) is 19.2 Å². The average molecular weight is 243 g/mol. The van der Waals surface area contributed by atoms with Gasteiger partial charge in [0.1, 0.15) is 6.54 Å². The molecule has 1 aromatic rings. The van der Waals surface area contributed by atoms with E-state index in [0.717, 1.165) is 0 Å². The van der Waals surface area contributed by atoms with Gasteiger partial charge in [-0.25, -0.2) is 9.48 Å². The second-order valence-corrected chi connectivity index (χ2v) is 3.27. The zero-order chi connectivity index (χ0) is 12.8. The van der Waals surface area contributed by atoms with Crippen molar-refractivity contribution >= 4 is 11.9 Å². The van der Waals surface area contributed by atoms with E-state index in [4.69, 9.17) is 15.9 Å². The van der Waals surface area contributed by atoms with E-state index in [0.29, 0.717) is 5.69 Å². The predicted octanol–water partition coefficient (Wildman–Crippen LogP) is -2.70. The Morgan fingerprint density at radius 2 is 2.29 bits per heavy atom. The molecule has 1 rings (SSSR count).